The molecule has 0 aliphatic carbocycles. The lowest BCUT2D eigenvalue weighted by molar-refractivity contribution is -0.116. The third kappa shape index (κ3) is 8.50. The van der Waals surface area contributed by atoms with Crippen molar-refractivity contribution < 1.29 is 23.1 Å². The van der Waals surface area contributed by atoms with Gasteiger partial charge in [-0.3, -0.25) is 18.7 Å². The van der Waals surface area contributed by atoms with Crippen LogP contribution < -0.4 is 5.32 Å². The van der Waals surface area contributed by atoms with Crippen molar-refractivity contribution in [1.82, 2.24) is 20.1 Å². The monoisotopic (exact) mass is 508 g/mol. The van der Waals surface area contributed by atoms with Gasteiger partial charge in [0.1, 0.15) is 0 Å². The fourth-order valence-corrected chi connectivity index (χ4v) is 4.68. The maximum atomic E-state index is 13.2. The van der Waals surface area contributed by atoms with E-state index in [1.807, 2.05) is 25.8 Å². The first kappa shape index (κ1) is 28.6. The van der Waals surface area contributed by atoms with E-state index < -0.39 is 22.3 Å². The number of piperazine rings is 1. The molecule has 194 valence electrons. The molecule has 1 saturated heterocycles. The Balaban J connectivity index is 2.32. The molecule has 1 aliphatic rings. The summed E-state index contributed by atoms with van der Waals surface area (Å²) in [4.78, 5) is 33.2. The number of hydrogen-bond donors (Lipinski definition) is 4. The fourth-order valence-electron chi connectivity index (χ4n) is 3.64. The van der Waals surface area contributed by atoms with Crippen LogP contribution in [0.2, 0.25) is 0 Å². The second-order valence-electron chi connectivity index (χ2n) is 8.66. The highest BCUT2D eigenvalue weighted by molar-refractivity contribution is 8.24. The van der Waals surface area contributed by atoms with Gasteiger partial charge in [0.25, 0.3) is 11.8 Å². The van der Waals surface area contributed by atoms with Crippen LogP contribution in [-0.4, -0.2) is 80.4 Å². The molecule has 2 rings (SSSR count). The highest BCUT2D eigenvalue weighted by Gasteiger charge is 2.25. The molecular weight excluding hydrogens is 471 g/mol. The zero-order chi connectivity index (χ0) is 26.2. The summed E-state index contributed by atoms with van der Waals surface area (Å²) in [7, 11) is -1.03. The summed E-state index contributed by atoms with van der Waals surface area (Å²) in [6.07, 6.45) is 8.92. The predicted molar refractivity (Wildman–Crippen MR) is 141 cm³/mol. The molecule has 1 aliphatic heterocycles. The van der Waals surface area contributed by atoms with Crippen LogP contribution >= 0.6 is 10.6 Å². The number of hydrogen-bond acceptors (Lipinski definition) is 5. The standard InChI is InChI=1S/C25H37FN4O4S/c1-6-10-27-24(31)21(8-7-15-35(33,34)16-9-18(2)26)17-22-19(3)23(20(4)28-22)25(32)30-13-11-29(5)12-14-30/h6-10,17,28,33-34H,11-16H2,1-5H3,(H,27,31). The van der Waals surface area contributed by atoms with Gasteiger partial charge in [-0.25, -0.2) is 4.39 Å². The number of halogens is 1. The lowest BCUT2D eigenvalue weighted by atomic mass is 10.1. The lowest BCUT2D eigenvalue weighted by Gasteiger charge is -2.32. The van der Waals surface area contributed by atoms with Crippen LogP contribution in [0.1, 0.15) is 41.2 Å². The van der Waals surface area contributed by atoms with Gasteiger partial charge in [-0.05, 0) is 58.7 Å². The quantitative estimate of drug-likeness (QED) is 0.295. The number of carbonyl (C=O) groups is 2. The van der Waals surface area contributed by atoms with Crippen molar-refractivity contribution in [2.24, 2.45) is 0 Å². The van der Waals surface area contributed by atoms with Crippen LogP contribution in [0.4, 0.5) is 4.39 Å². The number of H-pyrrole nitrogens is 1. The molecule has 10 heteroatoms. The third-order valence-corrected chi connectivity index (χ3v) is 7.14. The van der Waals surface area contributed by atoms with Crippen molar-refractivity contribution in [3.05, 3.63) is 64.4 Å². The summed E-state index contributed by atoms with van der Waals surface area (Å²) >= 11 is 0. The second-order valence-corrected chi connectivity index (χ2v) is 10.9. The first-order valence-electron chi connectivity index (χ1n) is 11.5. The number of nitrogens with zero attached hydrogens (tertiary/aromatic N) is 2. The van der Waals surface area contributed by atoms with E-state index in [0.29, 0.717) is 24.3 Å². The van der Waals surface area contributed by atoms with E-state index in [1.165, 1.54) is 25.3 Å². The Kier molecular flexibility index (Phi) is 10.5. The van der Waals surface area contributed by atoms with Gasteiger partial charge in [-0.1, -0.05) is 18.2 Å². The number of nitrogens with one attached hydrogen (secondary N) is 2. The van der Waals surface area contributed by atoms with Gasteiger partial charge in [-0.15, -0.1) is 0 Å². The van der Waals surface area contributed by atoms with Crippen molar-refractivity contribution in [2.75, 3.05) is 44.7 Å². The Morgan fingerprint density at radius 3 is 2.43 bits per heavy atom. The molecule has 1 aromatic rings. The van der Waals surface area contributed by atoms with Crippen LogP contribution in [0.3, 0.4) is 0 Å². The minimum absolute atomic E-state index is 0.0374. The molecule has 8 nitrogen and oxygen atoms in total. The zero-order valence-electron chi connectivity index (χ0n) is 21.1. The highest BCUT2D eigenvalue weighted by atomic mass is 32.3. The summed E-state index contributed by atoms with van der Waals surface area (Å²) in [5.41, 5.74) is 2.94. The maximum Gasteiger partial charge on any atom is 0.256 e. The molecule has 1 aromatic heterocycles. The van der Waals surface area contributed by atoms with E-state index in [1.54, 1.807) is 19.1 Å². The predicted octanol–water partition coefficient (Wildman–Crippen LogP) is 4.23. The first-order valence-corrected chi connectivity index (χ1v) is 13.4. The van der Waals surface area contributed by atoms with Gasteiger partial charge in [0.2, 0.25) is 0 Å². The molecule has 0 radical (unpaired) electrons. The van der Waals surface area contributed by atoms with Crippen molar-refractivity contribution in [3.8, 4) is 0 Å². The number of aromatic amines is 1. The number of amides is 2. The van der Waals surface area contributed by atoms with E-state index in [0.717, 1.165) is 30.4 Å². The SMILES string of the molecule is CC=CNC(=O)C(C=CCS(O)(O)CC=C(C)F)=Cc1[nH]c(C)c(C(=O)N2CCN(C)CC2)c1C. The Morgan fingerprint density at radius 2 is 1.83 bits per heavy atom. The fraction of sp³-hybridized carbons (Fsp3) is 0.440. The lowest BCUT2D eigenvalue weighted by Crippen LogP contribution is -2.47. The van der Waals surface area contributed by atoms with E-state index in [9.17, 15) is 23.1 Å². The topological polar surface area (TPSA) is 109 Å². The van der Waals surface area contributed by atoms with Crippen LogP contribution in [0.15, 0.2) is 41.9 Å². The number of aryl methyl sites for hydroxylation is 1. The summed E-state index contributed by atoms with van der Waals surface area (Å²) in [6, 6.07) is 0. The van der Waals surface area contributed by atoms with Gasteiger partial charge < -0.3 is 20.1 Å². The molecule has 35 heavy (non-hydrogen) atoms. The maximum absolute atomic E-state index is 13.2. The van der Waals surface area contributed by atoms with Crippen LogP contribution in [-0.2, 0) is 4.79 Å². The number of aromatic nitrogens is 1. The minimum atomic E-state index is -3.06. The Labute approximate surface area is 208 Å². The van der Waals surface area contributed by atoms with Crippen molar-refractivity contribution in [2.45, 2.75) is 27.7 Å². The van der Waals surface area contributed by atoms with Crippen molar-refractivity contribution >= 4 is 28.5 Å². The molecule has 2 amide bonds. The van der Waals surface area contributed by atoms with Crippen LogP contribution in [0.25, 0.3) is 6.08 Å². The van der Waals surface area contributed by atoms with Crippen LogP contribution in [0, 0.1) is 13.8 Å². The van der Waals surface area contributed by atoms with E-state index in [2.05, 4.69) is 15.2 Å². The number of allylic oxidation sites excluding steroid dienone is 2. The summed E-state index contributed by atoms with van der Waals surface area (Å²) in [5.74, 6) is -1.24. The Bertz CT molecular complexity index is 1030. The second kappa shape index (κ2) is 12.9. The molecule has 0 atom stereocenters. The molecule has 2 heterocycles. The molecule has 0 bridgehead atoms. The van der Waals surface area contributed by atoms with Crippen molar-refractivity contribution in [1.29, 1.82) is 0 Å². The summed E-state index contributed by atoms with van der Waals surface area (Å²) in [6.45, 7) is 9.64. The zero-order valence-corrected chi connectivity index (χ0v) is 21.9. The largest absolute Gasteiger partial charge is 0.358 e. The molecule has 4 N–H and O–H groups in total. The smallest absolute Gasteiger partial charge is 0.256 e. The average Bonchev–Trinajstić information content (AvgIpc) is 3.08. The van der Waals surface area contributed by atoms with Gasteiger partial charge in [0.15, 0.2) is 0 Å². The van der Waals surface area contributed by atoms with Gasteiger partial charge in [-0.2, -0.15) is 10.6 Å². The van der Waals surface area contributed by atoms with Crippen LogP contribution in [0.5, 0.6) is 0 Å². The molecule has 0 spiro atoms. The molecule has 0 unspecified atom stereocenters. The number of rotatable bonds is 9. The third-order valence-electron chi connectivity index (χ3n) is 5.72. The molecular formula is C25H37FN4O4S. The van der Waals surface area contributed by atoms with Gasteiger partial charge in [0.05, 0.1) is 22.9 Å². The van der Waals surface area contributed by atoms with E-state index in [-0.39, 0.29) is 23.0 Å². The minimum Gasteiger partial charge on any atom is -0.358 e. The normalized spacial score (nSPS) is 17.0. The highest BCUT2D eigenvalue weighted by Crippen LogP contribution is 2.38. The van der Waals surface area contributed by atoms with Gasteiger partial charge >= 0.3 is 0 Å². The summed E-state index contributed by atoms with van der Waals surface area (Å²) < 4.78 is 33.2. The number of carbonyl (C=O) groups excluding carboxylic acids is 2. The first-order chi connectivity index (χ1) is 16.4. The average molecular weight is 509 g/mol. The number of likely N-dealkylation sites (N-methyl/N-ethyl adjacent to an activating group) is 1. The van der Waals surface area contributed by atoms with Crippen molar-refractivity contribution in [3.63, 3.8) is 0 Å². The van der Waals surface area contributed by atoms with E-state index >= 15 is 0 Å². The Hall–Kier alpha value is -2.66. The Morgan fingerprint density at radius 1 is 1.17 bits per heavy atom. The summed E-state index contributed by atoms with van der Waals surface area (Å²) in [5, 5.41) is 2.65. The molecule has 0 saturated carbocycles. The van der Waals surface area contributed by atoms with Gasteiger partial charge in [0, 0.05) is 43.1 Å². The molecule has 0 aromatic carbocycles. The van der Waals surface area contributed by atoms with E-state index in [4.69, 9.17) is 0 Å². The molecule has 1 fully saturated rings.